The van der Waals surface area contributed by atoms with E-state index in [1.807, 2.05) is 0 Å². The van der Waals surface area contributed by atoms with Gasteiger partial charge in [0.1, 0.15) is 0 Å². The summed E-state index contributed by atoms with van der Waals surface area (Å²) in [4.78, 5) is 0. The summed E-state index contributed by atoms with van der Waals surface area (Å²) in [6.07, 6.45) is 16.7. The van der Waals surface area contributed by atoms with E-state index in [1.54, 1.807) is 0 Å². The molecule has 0 aliphatic heterocycles. The number of aryl methyl sites for hydroxylation is 1. The van der Waals surface area contributed by atoms with Gasteiger partial charge in [-0.15, -0.1) is 0 Å². The number of unbranched alkanes of at least 4 members (excludes halogenated alkanes) is 10. The van der Waals surface area contributed by atoms with Gasteiger partial charge in [0.15, 0.2) is 17.2 Å². The molecule has 0 aliphatic rings. The van der Waals surface area contributed by atoms with Crippen LogP contribution in [0, 0.1) is 5.53 Å². The van der Waals surface area contributed by atoms with Crippen LogP contribution in [0.3, 0.4) is 0 Å². The largest absolute Gasteiger partial charge is 0.491 e. The average Bonchev–Trinajstić information content (AvgIpc) is 2.73. The second-order valence-electron chi connectivity index (χ2n) is 8.03. The fourth-order valence-electron chi connectivity index (χ4n) is 3.47. The molecule has 166 valence electrons. The van der Waals surface area contributed by atoms with Gasteiger partial charge in [0, 0.05) is 0 Å². The molecule has 0 saturated heterocycles. The SMILES string of the molecule is CCCCCCCc1cc(OCCCCCC)c(N=N)c(OCCCCCC)c1. The maximum Gasteiger partial charge on any atom is 0.169 e. The Labute approximate surface area is 179 Å². The molecule has 1 rings (SSSR count). The first-order chi connectivity index (χ1) is 14.3. The minimum Gasteiger partial charge on any atom is -0.491 e. The summed E-state index contributed by atoms with van der Waals surface area (Å²) in [5, 5.41) is 3.76. The molecule has 0 bridgehead atoms. The monoisotopic (exact) mass is 404 g/mol. The molecular weight excluding hydrogens is 360 g/mol. The Hall–Kier alpha value is -1.58. The molecule has 29 heavy (non-hydrogen) atoms. The normalized spacial score (nSPS) is 10.9. The molecule has 0 heterocycles. The van der Waals surface area contributed by atoms with E-state index in [4.69, 9.17) is 15.0 Å². The Balaban J connectivity index is 2.77. The van der Waals surface area contributed by atoms with Gasteiger partial charge in [-0.3, -0.25) is 0 Å². The molecule has 0 radical (unpaired) electrons. The number of benzene rings is 1. The van der Waals surface area contributed by atoms with Gasteiger partial charge in [-0.05, 0) is 43.4 Å². The Morgan fingerprint density at radius 2 is 1.10 bits per heavy atom. The first kappa shape index (κ1) is 25.5. The predicted octanol–water partition coefficient (Wildman–Crippen LogP) is 8.78. The molecule has 4 heteroatoms. The molecule has 1 aromatic carbocycles. The molecule has 0 fully saturated rings. The summed E-state index contributed by atoms with van der Waals surface area (Å²) in [5.41, 5.74) is 9.45. The summed E-state index contributed by atoms with van der Waals surface area (Å²) in [5.74, 6) is 1.43. The highest BCUT2D eigenvalue weighted by atomic mass is 16.5. The standard InChI is InChI=1S/C25H44N2O2/c1-4-7-10-13-14-17-22-20-23(28-18-15-11-8-5-2)25(27-26)24(21-22)29-19-16-12-9-6-3/h20-21,26H,4-19H2,1-3H3. The lowest BCUT2D eigenvalue weighted by molar-refractivity contribution is 0.291. The van der Waals surface area contributed by atoms with Crippen LogP contribution in [0.4, 0.5) is 5.69 Å². The van der Waals surface area contributed by atoms with Crippen LogP contribution in [0.2, 0.25) is 0 Å². The van der Waals surface area contributed by atoms with Crippen LogP contribution in [0.15, 0.2) is 17.2 Å². The molecule has 0 amide bonds. The van der Waals surface area contributed by atoms with Crippen molar-refractivity contribution in [2.45, 2.75) is 111 Å². The maximum absolute atomic E-state index is 7.67. The van der Waals surface area contributed by atoms with E-state index in [0.717, 1.165) is 19.3 Å². The average molecular weight is 405 g/mol. The van der Waals surface area contributed by atoms with Crippen LogP contribution >= 0.6 is 0 Å². The summed E-state index contributed by atoms with van der Waals surface area (Å²) < 4.78 is 12.1. The van der Waals surface area contributed by atoms with Gasteiger partial charge in [0.05, 0.1) is 13.2 Å². The van der Waals surface area contributed by atoms with Crippen LogP contribution in [-0.2, 0) is 6.42 Å². The van der Waals surface area contributed by atoms with Crippen LogP contribution in [0.25, 0.3) is 0 Å². The van der Waals surface area contributed by atoms with E-state index in [-0.39, 0.29) is 0 Å². The predicted molar refractivity (Wildman–Crippen MR) is 123 cm³/mol. The highest BCUT2D eigenvalue weighted by molar-refractivity contribution is 5.63. The lowest BCUT2D eigenvalue weighted by Gasteiger charge is -2.15. The van der Waals surface area contributed by atoms with E-state index in [2.05, 4.69) is 38.0 Å². The first-order valence-corrected chi connectivity index (χ1v) is 12.1. The minimum atomic E-state index is 0.547. The summed E-state index contributed by atoms with van der Waals surface area (Å²) in [7, 11) is 0. The third-order valence-electron chi connectivity index (χ3n) is 5.29. The van der Waals surface area contributed by atoms with E-state index in [9.17, 15) is 0 Å². The van der Waals surface area contributed by atoms with Crippen LogP contribution < -0.4 is 9.47 Å². The first-order valence-electron chi connectivity index (χ1n) is 12.1. The zero-order valence-electron chi connectivity index (χ0n) is 19.2. The summed E-state index contributed by atoms with van der Waals surface area (Å²) in [6, 6.07) is 4.16. The number of nitrogens with one attached hydrogen (secondary N) is 1. The van der Waals surface area contributed by atoms with Crippen LogP contribution in [0.1, 0.15) is 110 Å². The van der Waals surface area contributed by atoms with Gasteiger partial charge in [0.2, 0.25) is 0 Å². The Morgan fingerprint density at radius 1 is 0.655 bits per heavy atom. The van der Waals surface area contributed by atoms with Crippen molar-refractivity contribution in [2.75, 3.05) is 13.2 Å². The van der Waals surface area contributed by atoms with Gasteiger partial charge in [-0.2, -0.15) is 5.11 Å². The zero-order valence-corrected chi connectivity index (χ0v) is 19.2. The van der Waals surface area contributed by atoms with Crippen molar-refractivity contribution in [3.05, 3.63) is 17.7 Å². The van der Waals surface area contributed by atoms with Gasteiger partial charge in [-0.25, -0.2) is 5.53 Å². The van der Waals surface area contributed by atoms with Crippen LogP contribution in [-0.4, -0.2) is 13.2 Å². The van der Waals surface area contributed by atoms with Crippen molar-refractivity contribution < 1.29 is 9.47 Å². The molecule has 0 spiro atoms. The lowest BCUT2D eigenvalue weighted by Crippen LogP contribution is -2.02. The number of nitrogens with zero attached hydrogens (tertiary/aromatic N) is 1. The van der Waals surface area contributed by atoms with Crippen molar-refractivity contribution in [3.8, 4) is 11.5 Å². The van der Waals surface area contributed by atoms with Gasteiger partial charge in [-0.1, -0.05) is 85.0 Å². The second kappa shape index (κ2) is 17.3. The van der Waals surface area contributed by atoms with Crippen molar-refractivity contribution >= 4 is 5.69 Å². The fourth-order valence-corrected chi connectivity index (χ4v) is 3.47. The van der Waals surface area contributed by atoms with E-state index < -0.39 is 0 Å². The highest BCUT2D eigenvalue weighted by Crippen LogP contribution is 2.39. The number of hydrogen-bond acceptors (Lipinski definition) is 4. The highest BCUT2D eigenvalue weighted by Gasteiger charge is 2.14. The number of ether oxygens (including phenoxy) is 2. The molecule has 0 unspecified atom stereocenters. The third-order valence-corrected chi connectivity index (χ3v) is 5.29. The molecule has 1 N–H and O–H groups in total. The molecular formula is C25H44N2O2. The van der Waals surface area contributed by atoms with Crippen molar-refractivity contribution in [3.63, 3.8) is 0 Å². The molecule has 0 aliphatic carbocycles. The van der Waals surface area contributed by atoms with Gasteiger partial charge < -0.3 is 9.47 Å². The second-order valence-corrected chi connectivity index (χ2v) is 8.03. The summed E-state index contributed by atoms with van der Waals surface area (Å²) >= 11 is 0. The quantitative estimate of drug-likeness (QED) is 0.185. The van der Waals surface area contributed by atoms with E-state index in [0.29, 0.717) is 30.4 Å². The van der Waals surface area contributed by atoms with Gasteiger partial charge >= 0.3 is 0 Å². The van der Waals surface area contributed by atoms with Crippen molar-refractivity contribution in [1.29, 1.82) is 5.53 Å². The molecule has 0 saturated carbocycles. The maximum atomic E-state index is 7.67. The molecule has 0 atom stereocenters. The third kappa shape index (κ3) is 11.3. The zero-order chi connectivity index (χ0) is 21.2. The minimum absolute atomic E-state index is 0.547. The Bertz CT molecular complexity index is 511. The van der Waals surface area contributed by atoms with Crippen molar-refractivity contribution in [1.82, 2.24) is 0 Å². The molecule has 1 aromatic rings. The molecule has 0 aromatic heterocycles. The number of rotatable bonds is 19. The van der Waals surface area contributed by atoms with E-state index >= 15 is 0 Å². The van der Waals surface area contributed by atoms with Crippen molar-refractivity contribution in [2.24, 2.45) is 5.11 Å². The van der Waals surface area contributed by atoms with Gasteiger partial charge in [0.25, 0.3) is 0 Å². The van der Waals surface area contributed by atoms with Crippen LogP contribution in [0.5, 0.6) is 11.5 Å². The topological polar surface area (TPSA) is 54.7 Å². The Morgan fingerprint density at radius 3 is 1.55 bits per heavy atom. The van der Waals surface area contributed by atoms with E-state index in [1.165, 1.54) is 76.2 Å². The lowest BCUT2D eigenvalue weighted by atomic mass is 10.0. The fraction of sp³-hybridized carbons (Fsp3) is 0.760. The number of hydrogen-bond donors (Lipinski definition) is 1. The smallest absolute Gasteiger partial charge is 0.169 e. The molecule has 4 nitrogen and oxygen atoms in total. The summed E-state index contributed by atoms with van der Waals surface area (Å²) in [6.45, 7) is 8.03. The Kier molecular flexibility index (Phi) is 15.2.